The van der Waals surface area contributed by atoms with Gasteiger partial charge in [0.2, 0.25) is 5.79 Å². The van der Waals surface area contributed by atoms with E-state index in [0.717, 1.165) is 0 Å². The molecular formula is C12H24O12. The van der Waals surface area contributed by atoms with E-state index in [9.17, 15) is 9.90 Å². The fourth-order valence-corrected chi connectivity index (χ4v) is 1.75. The highest BCUT2D eigenvalue weighted by Crippen LogP contribution is 2.28. The first-order valence-electron chi connectivity index (χ1n) is 6.86. The summed E-state index contributed by atoms with van der Waals surface area (Å²) >= 11 is 0. The second kappa shape index (κ2) is 10.3. The fraction of sp³-hybridized carbons (Fsp3) is 0.917. The Balaban J connectivity index is 0.000000441. The molecule has 7 atom stereocenters. The van der Waals surface area contributed by atoms with Gasteiger partial charge in [0.25, 0.3) is 0 Å². The molecule has 1 aliphatic heterocycles. The monoisotopic (exact) mass is 360 g/mol. The number of ketones is 1. The number of carbonyl (C=O) groups excluding carboxylic acids is 1. The standard InChI is InChI=1S/2C6H12O6/c7-1-3-4(9)5(10)6(11,2-8)12-3;7-1-3(9)5(11)6(12)4(10)2-8/h3-5,7-11H,1-2H2;3,5-9,11-12H,1-2H2/t3-,4?,5-,6+;/m1./s1. The number of rotatable bonds is 7. The second-order valence-corrected chi connectivity index (χ2v) is 5.09. The minimum Gasteiger partial charge on any atom is -0.394 e. The highest BCUT2D eigenvalue weighted by molar-refractivity contribution is 5.84. The molecule has 1 aliphatic rings. The first-order valence-corrected chi connectivity index (χ1v) is 6.86. The van der Waals surface area contributed by atoms with E-state index in [0.29, 0.717) is 0 Å². The van der Waals surface area contributed by atoms with E-state index in [4.69, 9.17) is 46.0 Å². The number of ether oxygens (including phenoxy) is 1. The average molecular weight is 360 g/mol. The molecule has 10 N–H and O–H groups in total. The molecule has 0 radical (unpaired) electrons. The van der Waals surface area contributed by atoms with Crippen LogP contribution in [0.4, 0.5) is 0 Å². The molecule has 1 heterocycles. The molecule has 0 aromatic carbocycles. The molecule has 24 heavy (non-hydrogen) atoms. The van der Waals surface area contributed by atoms with Crippen molar-refractivity contribution in [3.8, 4) is 0 Å². The molecule has 0 spiro atoms. The number of Topliss-reactive ketones (excluding diaryl/α,β-unsaturated/α-hetero) is 1. The summed E-state index contributed by atoms with van der Waals surface area (Å²) in [5, 5.41) is 87.7. The summed E-state index contributed by atoms with van der Waals surface area (Å²) < 4.78 is 4.63. The highest BCUT2D eigenvalue weighted by atomic mass is 16.7. The molecule has 0 bridgehead atoms. The maximum Gasteiger partial charge on any atom is 0.219 e. The Morgan fingerprint density at radius 1 is 1.08 bits per heavy atom. The van der Waals surface area contributed by atoms with Crippen LogP contribution >= 0.6 is 0 Å². The van der Waals surface area contributed by atoms with Gasteiger partial charge in [-0.1, -0.05) is 0 Å². The van der Waals surface area contributed by atoms with Crippen molar-refractivity contribution < 1.29 is 60.6 Å². The summed E-state index contributed by atoms with van der Waals surface area (Å²) in [4.78, 5) is 10.5. The zero-order valence-corrected chi connectivity index (χ0v) is 12.6. The van der Waals surface area contributed by atoms with Crippen molar-refractivity contribution in [1.82, 2.24) is 0 Å². The molecule has 0 aromatic heterocycles. The van der Waals surface area contributed by atoms with Crippen molar-refractivity contribution in [1.29, 1.82) is 0 Å². The minimum absolute atomic E-state index is 0.527. The highest BCUT2D eigenvalue weighted by Gasteiger charge is 2.52. The molecule has 12 heteroatoms. The van der Waals surface area contributed by atoms with E-state index in [1.807, 2.05) is 0 Å². The third-order valence-corrected chi connectivity index (χ3v) is 3.32. The fourth-order valence-electron chi connectivity index (χ4n) is 1.75. The van der Waals surface area contributed by atoms with Crippen LogP contribution in [-0.4, -0.2) is 126 Å². The van der Waals surface area contributed by atoms with Gasteiger partial charge >= 0.3 is 0 Å². The number of carbonyl (C=O) groups is 1. The lowest BCUT2D eigenvalue weighted by atomic mass is 10.1. The maximum absolute atomic E-state index is 10.5. The lowest BCUT2D eigenvalue weighted by Crippen LogP contribution is -2.46. The van der Waals surface area contributed by atoms with Crippen LogP contribution in [0.25, 0.3) is 0 Å². The van der Waals surface area contributed by atoms with Gasteiger partial charge in [0, 0.05) is 0 Å². The topological polar surface area (TPSA) is 229 Å². The van der Waals surface area contributed by atoms with E-state index >= 15 is 0 Å². The zero-order chi connectivity index (χ0) is 19.1. The van der Waals surface area contributed by atoms with Crippen molar-refractivity contribution in [2.75, 3.05) is 26.4 Å². The quantitative estimate of drug-likeness (QED) is 0.204. The van der Waals surface area contributed by atoms with Crippen LogP contribution < -0.4 is 0 Å². The van der Waals surface area contributed by atoms with Gasteiger partial charge in [0.15, 0.2) is 5.78 Å². The average Bonchev–Trinajstić information content (AvgIpc) is 2.83. The SMILES string of the molecule is O=C(CO)C(O)C(O)C(O)CO.OC[C@H]1O[C@@](O)(CO)[C@H](O)C1O. The molecule has 0 saturated carbocycles. The Kier molecular flexibility index (Phi) is 9.94. The van der Waals surface area contributed by atoms with Crippen LogP contribution in [0.2, 0.25) is 0 Å². The summed E-state index contributed by atoms with van der Waals surface area (Å²) in [6, 6.07) is 0. The first kappa shape index (κ1) is 23.2. The summed E-state index contributed by atoms with van der Waals surface area (Å²) in [7, 11) is 0. The van der Waals surface area contributed by atoms with Crippen molar-refractivity contribution in [2.45, 2.75) is 42.4 Å². The number of hydrogen-bond acceptors (Lipinski definition) is 12. The van der Waals surface area contributed by atoms with Gasteiger partial charge in [-0.2, -0.15) is 0 Å². The molecule has 0 amide bonds. The Morgan fingerprint density at radius 2 is 1.62 bits per heavy atom. The van der Waals surface area contributed by atoms with E-state index < -0.39 is 74.6 Å². The predicted octanol–water partition coefficient (Wildman–Crippen LogP) is -6.60. The third-order valence-electron chi connectivity index (χ3n) is 3.32. The lowest BCUT2D eigenvalue weighted by Gasteiger charge is -2.22. The number of aliphatic hydroxyl groups is 10. The van der Waals surface area contributed by atoms with Gasteiger partial charge in [0.1, 0.15) is 43.2 Å². The van der Waals surface area contributed by atoms with E-state index in [2.05, 4.69) is 4.74 Å². The minimum atomic E-state index is -2.16. The van der Waals surface area contributed by atoms with Crippen molar-refractivity contribution in [2.24, 2.45) is 0 Å². The van der Waals surface area contributed by atoms with E-state index in [-0.39, 0.29) is 0 Å². The van der Waals surface area contributed by atoms with Crippen molar-refractivity contribution >= 4 is 5.78 Å². The van der Waals surface area contributed by atoms with Gasteiger partial charge in [-0.3, -0.25) is 4.79 Å². The molecule has 12 nitrogen and oxygen atoms in total. The van der Waals surface area contributed by atoms with E-state index in [1.54, 1.807) is 0 Å². The predicted molar refractivity (Wildman–Crippen MR) is 73.2 cm³/mol. The van der Waals surface area contributed by atoms with Gasteiger partial charge in [-0.15, -0.1) is 0 Å². The third kappa shape index (κ3) is 5.65. The molecule has 0 aromatic rings. The summed E-state index contributed by atoms with van der Waals surface area (Å²) in [5.41, 5.74) is 0. The number of hydrogen-bond donors (Lipinski definition) is 10. The second-order valence-electron chi connectivity index (χ2n) is 5.09. The van der Waals surface area contributed by atoms with Crippen LogP contribution in [0.1, 0.15) is 0 Å². The van der Waals surface area contributed by atoms with Gasteiger partial charge in [-0.05, 0) is 0 Å². The summed E-state index contributed by atoms with van der Waals surface area (Å²) in [6.45, 7) is -3.05. The molecule has 4 unspecified atom stereocenters. The Morgan fingerprint density at radius 3 is 1.92 bits per heavy atom. The number of aliphatic hydroxyl groups excluding tert-OH is 9. The van der Waals surface area contributed by atoms with Crippen LogP contribution in [0, 0.1) is 0 Å². The molecule has 144 valence electrons. The maximum atomic E-state index is 10.5. The largest absolute Gasteiger partial charge is 0.394 e. The smallest absolute Gasteiger partial charge is 0.219 e. The van der Waals surface area contributed by atoms with Gasteiger partial charge in [0.05, 0.1) is 19.8 Å². The Bertz CT molecular complexity index is 379. The Hall–Kier alpha value is -0.770. The zero-order valence-electron chi connectivity index (χ0n) is 12.6. The summed E-state index contributed by atoms with van der Waals surface area (Å²) in [6.07, 6.45) is -9.26. The molecule has 1 fully saturated rings. The van der Waals surface area contributed by atoms with Crippen LogP contribution in [0.3, 0.4) is 0 Å². The molecule has 0 aliphatic carbocycles. The van der Waals surface area contributed by atoms with Crippen molar-refractivity contribution in [3.63, 3.8) is 0 Å². The van der Waals surface area contributed by atoms with Crippen LogP contribution in [0.15, 0.2) is 0 Å². The van der Waals surface area contributed by atoms with Gasteiger partial charge < -0.3 is 55.8 Å². The first-order chi connectivity index (χ1) is 11.1. The molecule has 1 rings (SSSR count). The van der Waals surface area contributed by atoms with E-state index in [1.165, 1.54) is 0 Å². The summed E-state index contributed by atoms with van der Waals surface area (Å²) in [5.74, 6) is -3.16. The van der Waals surface area contributed by atoms with Crippen molar-refractivity contribution in [3.05, 3.63) is 0 Å². The lowest BCUT2D eigenvalue weighted by molar-refractivity contribution is -0.248. The molecular weight excluding hydrogens is 336 g/mol. The normalized spacial score (nSPS) is 33.3. The van der Waals surface area contributed by atoms with Crippen LogP contribution in [0.5, 0.6) is 0 Å². The van der Waals surface area contributed by atoms with Gasteiger partial charge in [-0.25, -0.2) is 0 Å². The molecule has 1 saturated heterocycles. The van der Waals surface area contributed by atoms with Crippen LogP contribution in [-0.2, 0) is 9.53 Å². The Labute approximate surface area is 136 Å².